The van der Waals surface area contributed by atoms with Crippen LogP contribution in [0.2, 0.25) is 0 Å². The number of rotatable bonds is 5. The van der Waals surface area contributed by atoms with E-state index < -0.39 is 0 Å². The maximum atomic E-state index is 9.72. The first-order chi connectivity index (χ1) is 17.9. The Balaban J connectivity index is 1.72. The van der Waals surface area contributed by atoms with E-state index in [1.54, 1.807) is 17.1 Å². The minimum absolute atomic E-state index is 0.0202. The molecule has 0 amide bonds. The van der Waals surface area contributed by atoms with E-state index in [4.69, 9.17) is 15.2 Å². The molecule has 11 nitrogen and oxygen atoms in total. The van der Waals surface area contributed by atoms with Crippen LogP contribution in [0.5, 0.6) is 11.8 Å². The molecule has 3 N–H and O–H groups in total. The Labute approximate surface area is 215 Å². The lowest BCUT2D eigenvalue weighted by molar-refractivity contribution is 0.133. The SMILES string of the molecule is CCOc1nn(CCO)c2c1/C=C/c1cnc3c(N)cc(cn13)-c1cnn(C)c1O[C@@H](C)CN(CC)C2. The first kappa shape index (κ1) is 24.8. The molecule has 5 rings (SSSR count). The largest absolute Gasteiger partial charge is 0.476 e. The van der Waals surface area contributed by atoms with Gasteiger partial charge in [0.15, 0.2) is 5.65 Å². The number of nitrogens with zero attached hydrogens (tertiary/aromatic N) is 7. The van der Waals surface area contributed by atoms with Gasteiger partial charge in [0.05, 0.1) is 60.4 Å². The highest BCUT2D eigenvalue weighted by atomic mass is 16.5. The van der Waals surface area contributed by atoms with Crippen LogP contribution in [-0.4, -0.2) is 71.4 Å². The van der Waals surface area contributed by atoms with Gasteiger partial charge in [0, 0.05) is 31.9 Å². The molecule has 4 aromatic rings. The second-order valence-electron chi connectivity index (χ2n) is 9.18. The highest BCUT2D eigenvalue weighted by Gasteiger charge is 2.23. The van der Waals surface area contributed by atoms with Gasteiger partial charge < -0.3 is 20.3 Å². The maximum Gasteiger partial charge on any atom is 0.240 e. The second kappa shape index (κ2) is 10.3. The van der Waals surface area contributed by atoms with Crippen LogP contribution in [0.25, 0.3) is 28.9 Å². The molecule has 0 radical (unpaired) electrons. The van der Waals surface area contributed by atoms with Crippen molar-refractivity contribution in [2.75, 3.05) is 32.0 Å². The van der Waals surface area contributed by atoms with Crippen LogP contribution < -0.4 is 15.2 Å². The number of nitrogen functional groups attached to an aromatic ring is 1. The third-order valence-electron chi connectivity index (χ3n) is 6.58. The Hall–Kier alpha value is -3.83. The molecule has 2 bridgehead atoms. The van der Waals surface area contributed by atoms with Crippen molar-refractivity contribution in [1.82, 2.24) is 33.8 Å². The number of hydrogen-bond acceptors (Lipinski definition) is 8. The molecule has 37 heavy (non-hydrogen) atoms. The number of hydrogen-bond donors (Lipinski definition) is 2. The van der Waals surface area contributed by atoms with Gasteiger partial charge in [-0.2, -0.15) is 5.10 Å². The Morgan fingerprint density at radius 1 is 1.24 bits per heavy atom. The molecule has 0 unspecified atom stereocenters. The fourth-order valence-electron chi connectivity index (χ4n) is 4.79. The Morgan fingerprint density at radius 3 is 2.84 bits per heavy atom. The summed E-state index contributed by atoms with van der Waals surface area (Å²) in [5.74, 6) is 1.22. The van der Waals surface area contributed by atoms with Gasteiger partial charge in [-0.25, -0.2) is 9.67 Å². The monoisotopic (exact) mass is 506 g/mol. The molecule has 1 aliphatic rings. The summed E-state index contributed by atoms with van der Waals surface area (Å²) in [6.07, 6.45) is 9.49. The molecule has 11 heteroatoms. The molecule has 0 aromatic carbocycles. The van der Waals surface area contributed by atoms with E-state index in [0.717, 1.165) is 34.6 Å². The van der Waals surface area contributed by atoms with Crippen molar-refractivity contribution >= 4 is 23.5 Å². The molecule has 5 heterocycles. The summed E-state index contributed by atoms with van der Waals surface area (Å²) in [4.78, 5) is 6.85. The summed E-state index contributed by atoms with van der Waals surface area (Å²) in [5.41, 5.74) is 12.1. The number of aliphatic hydroxyl groups excluding tert-OH is 1. The molecule has 0 saturated heterocycles. The van der Waals surface area contributed by atoms with Crippen molar-refractivity contribution < 1.29 is 14.6 Å². The predicted octanol–water partition coefficient (Wildman–Crippen LogP) is 2.68. The highest BCUT2D eigenvalue weighted by molar-refractivity contribution is 5.79. The third-order valence-corrected chi connectivity index (χ3v) is 6.58. The number of aromatic nitrogens is 6. The number of pyridine rings is 1. The van der Waals surface area contributed by atoms with Gasteiger partial charge in [-0.15, -0.1) is 5.10 Å². The first-order valence-electron chi connectivity index (χ1n) is 12.6. The molecule has 196 valence electrons. The lowest BCUT2D eigenvalue weighted by atomic mass is 10.1. The maximum absolute atomic E-state index is 9.72. The Kier molecular flexibility index (Phi) is 6.90. The minimum atomic E-state index is -0.122. The molecular formula is C26H34N8O3. The molecule has 0 saturated carbocycles. The van der Waals surface area contributed by atoms with Gasteiger partial charge in [0.2, 0.25) is 11.8 Å². The fourth-order valence-corrected chi connectivity index (χ4v) is 4.79. The lowest BCUT2D eigenvalue weighted by Gasteiger charge is -2.25. The lowest BCUT2D eigenvalue weighted by Crippen LogP contribution is -2.34. The number of nitrogens with two attached hydrogens (primary N) is 1. The van der Waals surface area contributed by atoms with Crippen LogP contribution in [0.3, 0.4) is 0 Å². The average Bonchev–Trinajstić information content (AvgIpc) is 3.54. The summed E-state index contributed by atoms with van der Waals surface area (Å²) >= 11 is 0. The van der Waals surface area contributed by atoms with Crippen molar-refractivity contribution in [2.45, 2.75) is 40.0 Å². The van der Waals surface area contributed by atoms with Crippen molar-refractivity contribution in [3.8, 4) is 22.9 Å². The number of ether oxygens (including phenoxy) is 2. The number of aryl methyl sites for hydroxylation is 1. The quantitative estimate of drug-likeness (QED) is 0.424. The molecule has 1 aliphatic heterocycles. The first-order valence-corrected chi connectivity index (χ1v) is 12.6. The number of fused-ring (bicyclic) bond motifs is 4. The van der Waals surface area contributed by atoms with Gasteiger partial charge in [0.1, 0.15) is 6.10 Å². The van der Waals surface area contributed by atoms with Crippen molar-refractivity contribution in [1.29, 1.82) is 0 Å². The van der Waals surface area contributed by atoms with E-state index >= 15 is 0 Å². The molecule has 0 fully saturated rings. The second-order valence-corrected chi connectivity index (χ2v) is 9.18. The summed E-state index contributed by atoms with van der Waals surface area (Å²) in [6.45, 7) is 9.07. The molecule has 1 atom stereocenters. The van der Waals surface area contributed by atoms with E-state index in [1.165, 1.54) is 0 Å². The summed E-state index contributed by atoms with van der Waals surface area (Å²) in [6, 6.07) is 1.91. The van der Waals surface area contributed by atoms with Gasteiger partial charge >= 0.3 is 0 Å². The molecular weight excluding hydrogens is 472 g/mol. The van der Waals surface area contributed by atoms with E-state index in [9.17, 15) is 5.11 Å². The average molecular weight is 507 g/mol. The van der Waals surface area contributed by atoms with Crippen molar-refractivity contribution in [3.05, 3.63) is 41.6 Å². The van der Waals surface area contributed by atoms with Crippen LogP contribution in [0.1, 0.15) is 37.7 Å². The molecule has 0 spiro atoms. The van der Waals surface area contributed by atoms with Crippen LogP contribution in [0.4, 0.5) is 5.69 Å². The standard InChI is InChI=1S/C26H34N8O3/c1-5-32-14-17(3)37-26-21(13-29-31(26)4)18-11-22(27)24-28-12-19(33(24)15-18)7-8-20-23(16-32)34(9-10-35)30-25(20)36-6-2/h7-8,11-13,15,17,35H,5-6,9-10,14,16,27H2,1-4H3/b8-7+/t17-/m0/s1. The van der Waals surface area contributed by atoms with Gasteiger partial charge in [-0.05, 0) is 38.6 Å². The van der Waals surface area contributed by atoms with Crippen LogP contribution >= 0.6 is 0 Å². The zero-order valence-corrected chi connectivity index (χ0v) is 21.8. The number of anilines is 1. The smallest absolute Gasteiger partial charge is 0.240 e. The van der Waals surface area contributed by atoms with E-state index in [-0.39, 0.29) is 12.7 Å². The summed E-state index contributed by atoms with van der Waals surface area (Å²) in [5, 5.41) is 18.9. The zero-order chi connectivity index (χ0) is 26.1. The number of aliphatic hydroxyl groups is 1. The highest BCUT2D eigenvalue weighted by Crippen LogP contribution is 2.34. The third kappa shape index (κ3) is 4.67. The van der Waals surface area contributed by atoms with E-state index in [1.807, 2.05) is 47.5 Å². The molecule has 4 aromatic heterocycles. The van der Waals surface area contributed by atoms with Gasteiger partial charge in [-0.1, -0.05) is 6.92 Å². The van der Waals surface area contributed by atoms with Crippen LogP contribution in [0.15, 0.2) is 24.7 Å². The Morgan fingerprint density at radius 2 is 2.08 bits per heavy atom. The fraction of sp³-hybridized carbons (Fsp3) is 0.423. The van der Waals surface area contributed by atoms with Crippen molar-refractivity contribution in [3.63, 3.8) is 0 Å². The predicted molar refractivity (Wildman–Crippen MR) is 142 cm³/mol. The van der Waals surface area contributed by atoms with E-state index in [0.29, 0.717) is 49.3 Å². The van der Waals surface area contributed by atoms with Crippen LogP contribution in [-0.2, 0) is 20.1 Å². The number of imidazole rings is 1. The Bertz CT molecular complexity index is 1430. The van der Waals surface area contributed by atoms with Crippen molar-refractivity contribution in [2.24, 2.45) is 7.05 Å². The molecule has 0 aliphatic carbocycles. The van der Waals surface area contributed by atoms with E-state index in [2.05, 4.69) is 33.9 Å². The van der Waals surface area contributed by atoms with Gasteiger partial charge in [0.25, 0.3) is 0 Å². The van der Waals surface area contributed by atoms with Crippen LogP contribution in [0, 0.1) is 0 Å². The summed E-state index contributed by atoms with van der Waals surface area (Å²) in [7, 11) is 1.87. The zero-order valence-electron chi connectivity index (χ0n) is 21.8. The number of likely N-dealkylation sites (N-methyl/N-ethyl adjacent to an activating group) is 1. The summed E-state index contributed by atoms with van der Waals surface area (Å²) < 4.78 is 17.9. The van der Waals surface area contributed by atoms with Gasteiger partial charge in [-0.3, -0.25) is 14.0 Å². The normalized spacial score (nSPS) is 17.2. The topological polar surface area (TPSA) is 121 Å². The minimum Gasteiger partial charge on any atom is -0.476 e.